The van der Waals surface area contributed by atoms with Crippen LogP contribution in [0.5, 0.6) is 5.75 Å². The van der Waals surface area contributed by atoms with Gasteiger partial charge in [0.15, 0.2) is 0 Å². The molecule has 3 aromatic carbocycles. The molecule has 8 heteroatoms. The fraction of sp³-hybridized carbons (Fsp3) is 0.111. The number of hydrogen-bond acceptors (Lipinski definition) is 5. The number of nitrogens with one attached hydrogen (secondary N) is 1. The van der Waals surface area contributed by atoms with Gasteiger partial charge in [0.25, 0.3) is 11.8 Å². The van der Waals surface area contributed by atoms with Gasteiger partial charge in [0.05, 0.1) is 13.3 Å². The number of ether oxygens (including phenoxy) is 1. The molecule has 1 heterocycles. The summed E-state index contributed by atoms with van der Waals surface area (Å²) in [4.78, 5) is 37.1. The Kier molecular flexibility index (Phi) is 7.11. The van der Waals surface area contributed by atoms with Crippen LogP contribution in [0, 0.1) is 12.7 Å². The number of carbonyl (C=O) groups excluding carboxylic acids is 2. The van der Waals surface area contributed by atoms with E-state index in [0.717, 1.165) is 5.56 Å². The van der Waals surface area contributed by atoms with Crippen molar-refractivity contribution in [2.45, 2.75) is 13.0 Å². The summed E-state index contributed by atoms with van der Waals surface area (Å²) >= 11 is 0. The molecule has 0 aliphatic rings. The number of carbonyl (C=O) groups is 2. The Bertz CT molecular complexity index is 1330. The number of nitrogens with zero attached hydrogens (tertiary/aromatic N) is 3. The van der Waals surface area contributed by atoms with Crippen LogP contribution in [-0.2, 0) is 4.79 Å². The van der Waals surface area contributed by atoms with Gasteiger partial charge in [-0.15, -0.1) is 0 Å². The molecule has 1 N–H and O–H groups in total. The summed E-state index contributed by atoms with van der Waals surface area (Å²) in [5.74, 6) is -0.904. The van der Waals surface area contributed by atoms with Crippen molar-refractivity contribution in [3.05, 3.63) is 114 Å². The molecule has 2 amide bonds. The first-order valence-electron chi connectivity index (χ1n) is 10.8. The third kappa shape index (κ3) is 5.50. The number of anilines is 2. The Morgan fingerprint density at radius 3 is 2.46 bits per heavy atom. The zero-order valence-corrected chi connectivity index (χ0v) is 19.2. The van der Waals surface area contributed by atoms with Gasteiger partial charge in [0.2, 0.25) is 0 Å². The lowest BCUT2D eigenvalue weighted by atomic mass is 10.0. The number of amides is 2. The Morgan fingerprint density at radius 2 is 1.77 bits per heavy atom. The molecule has 4 rings (SSSR count). The summed E-state index contributed by atoms with van der Waals surface area (Å²) in [5, 5.41) is 2.80. The first-order chi connectivity index (χ1) is 17.0. The highest BCUT2D eigenvalue weighted by Gasteiger charge is 2.34. The number of hydrogen-bond donors (Lipinski definition) is 1. The molecule has 0 bridgehead atoms. The lowest BCUT2D eigenvalue weighted by Gasteiger charge is -2.31. The molecule has 4 aromatic rings. The second kappa shape index (κ2) is 10.6. The maximum Gasteiger partial charge on any atom is 0.279 e. The van der Waals surface area contributed by atoms with Crippen molar-refractivity contribution in [3.8, 4) is 5.75 Å². The highest BCUT2D eigenvalue weighted by Crippen LogP contribution is 2.32. The molecule has 1 atom stereocenters. The fourth-order valence-electron chi connectivity index (χ4n) is 3.67. The topological polar surface area (TPSA) is 84.4 Å². The van der Waals surface area contributed by atoms with Gasteiger partial charge < -0.3 is 10.1 Å². The molecule has 35 heavy (non-hydrogen) atoms. The van der Waals surface area contributed by atoms with Gasteiger partial charge in [-0.05, 0) is 66.6 Å². The van der Waals surface area contributed by atoms with Crippen LogP contribution in [0.3, 0.4) is 0 Å². The molecule has 0 unspecified atom stereocenters. The zero-order chi connectivity index (χ0) is 24.8. The quantitative estimate of drug-likeness (QED) is 0.413. The highest BCUT2D eigenvalue weighted by molar-refractivity contribution is 6.11. The molecule has 176 valence electrons. The molecule has 0 aliphatic heterocycles. The van der Waals surface area contributed by atoms with E-state index >= 15 is 0 Å². The molecule has 0 fully saturated rings. The lowest BCUT2D eigenvalue weighted by molar-refractivity contribution is -0.117. The van der Waals surface area contributed by atoms with Crippen molar-refractivity contribution in [2.75, 3.05) is 17.3 Å². The Hall–Kier alpha value is -4.59. The number of halogens is 1. The third-order valence-electron chi connectivity index (χ3n) is 5.31. The van der Waals surface area contributed by atoms with Crippen molar-refractivity contribution in [3.63, 3.8) is 0 Å². The fourth-order valence-corrected chi connectivity index (χ4v) is 3.67. The summed E-state index contributed by atoms with van der Waals surface area (Å²) in [5.41, 5.74) is 2.39. The minimum atomic E-state index is -1.11. The normalized spacial score (nSPS) is 11.4. The average Bonchev–Trinajstić information content (AvgIpc) is 2.88. The standard InChI is InChI=1S/C27H23FN4O3/c1-18-5-3-7-22(15-18)32(27(34)24-17-29-13-14-30-24)25(19-6-4-8-23(16-19)35-2)26(33)31-21-11-9-20(28)10-12-21/h3-17,25H,1-2H3,(H,31,33)/t25-/m0/s1. The largest absolute Gasteiger partial charge is 0.497 e. The van der Waals surface area contributed by atoms with Crippen LogP contribution in [0.1, 0.15) is 27.7 Å². The molecule has 1 aromatic heterocycles. The summed E-state index contributed by atoms with van der Waals surface area (Å²) < 4.78 is 18.8. The van der Waals surface area contributed by atoms with E-state index < -0.39 is 23.7 Å². The first kappa shape index (κ1) is 23.6. The summed E-state index contributed by atoms with van der Waals surface area (Å²) in [7, 11) is 1.52. The Balaban J connectivity index is 1.86. The van der Waals surface area contributed by atoms with E-state index in [2.05, 4.69) is 15.3 Å². The van der Waals surface area contributed by atoms with Gasteiger partial charge in [-0.3, -0.25) is 19.5 Å². The monoisotopic (exact) mass is 470 g/mol. The minimum absolute atomic E-state index is 0.0801. The number of benzene rings is 3. The van der Waals surface area contributed by atoms with Gasteiger partial charge in [-0.2, -0.15) is 0 Å². The average molecular weight is 471 g/mol. The second-order valence-corrected chi connectivity index (χ2v) is 7.78. The van der Waals surface area contributed by atoms with Crippen molar-refractivity contribution in [1.82, 2.24) is 9.97 Å². The van der Waals surface area contributed by atoms with Crippen LogP contribution >= 0.6 is 0 Å². The summed E-state index contributed by atoms with van der Waals surface area (Å²) in [6, 6.07) is 18.5. The lowest BCUT2D eigenvalue weighted by Crippen LogP contribution is -2.42. The van der Waals surface area contributed by atoms with Crippen LogP contribution in [0.2, 0.25) is 0 Å². The van der Waals surface area contributed by atoms with E-state index in [9.17, 15) is 14.0 Å². The zero-order valence-electron chi connectivity index (χ0n) is 19.2. The Morgan fingerprint density at radius 1 is 1.00 bits per heavy atom. The maximum atomic E-state index is 13.8. The molecular formula is C27H23FN4O3. The molecule has 0 radical (unpaired) electrons. The Labute approximate surface area is 202 Å². The van der Waals surface area contributed by atoms with Crippen LogP contribution < -0.4 is 15.0 Å². The SMILES string of the molecule is COc1cccc([C@@H](C(=O)Nc2ccc(F)cc2)N(C(=O)c2cnccn2)c2cccc(C)c2)c1. The van der Waals surface area contributed by atoms with E-state index in [1.54, 1.807) is 30.3 Å². The molecule has 0 saturated carbocycles. The minimum Gasteiger partial charge on any atom is -0.497 e. The van der Waals surface area contributed by atoms with Crippen LogP contribution in [0.4, 0.5) is 15.8 Å². The molecule has 0 aliphatic carbocycles. The predicted octanol–water partition coefficient (Wildman–Crippen LogP) is 4.96. The van der Waals surface area contributed by atoms with Gasteiger partial charge in [0, 0.05) is 23.8 Å². The van der Waals surface area contributed by atoms with E-state index in [1.807, 2.05) is 25.1 Å². The predicted molar refractivity (Wildman–Crippen MR) is 131 cm³/mol. The van der Waals surface area contributed by atoms with Gasteiger partial charge in [0.1, 0.15) is 23.3 Å². The number of methoxy groups -OCH3 is 1. The van der Waals surface area contributed by atoms with Crippen molar-refractivity contribution < 1.29 is 18.7 Å². The van der Waals surface area contributed by atoms with Crippen LogP contribution in [0.25, 0.3) is 0 Å². The van der Waals surface area contributed by atoms with Gasteiger partial charge in [-0.25, -0.2) is 9.37 Å². The number of aromatic nitrogens is 2. The number of rotatable bonds is 7. The van der Waals surface area contributed by atoms with E-state index in [1.165, 1.54) is 54.9 Å². The third-order valence-corrected chi connectivity index (χ3v) is 5.31. The van der Waals surface area contributed by atoms with E-state index in [0.29, 0.717) is 22.7 Å². The van der Waals surface area contributed by atoms with Crippen LogP contribution in [0.15, 0.2) is 91.4 Å². The highest BCUT2D eigenvalue weighted by atomic mass is 19.1. The summed E-state index contributed by atoms with van der Waals surface area (Å²) in [6.07, 6.45) is 4.24. The molecular weight excluding hydrogens is 447 g/mol. The first-order valence-corrected chi connectivity index (χ1v) is 10.8. The summed E-state index contributed by atoms with van der Waals surface area (Å²) in [6.45, 7) is 1.90. The van der Waals surface area contributed by atoms with E-state index in [-0.39, 0.29) is 5.69 Å². The second-order valence-electron chi connectivity index (χ2n) is 7.78. The van der Waals surface area contributed by atoms with Crippen molar-refractivity contribution in [1.29, 1.82) is 0 Å². The van der Waals surface area contributed by atoms with Crippen LogP contribution in [-0.4, -0.2) is 28.9 Å². The van der Waals surface area contributed by atoms with Crippen molar-refractivity contribution in [2.24, 2.45) is 0 Å². The molecule has 0 saturated heterocycles. The maximum absolute atomic E-state index is 13.8. The number of aryl methyl sites for hydroxylation is 1. The molecule has 0 spiro atoms. The smallest absolute Gasteiger partial charge is 0.279 e. The van der Waals surface area contributed by atoms with Gasteiger partial charge >= 0.3 is 0 Å². The van der Waals surface area contributed by atoms with Gasteiger partial charge in [-0.1, -0.05) is 24.3 Å². The van der Waals surface area contributed by atoms with E-state index in [4.69, 9.17) is 4.74 Å². The van der Waals surface area contributed by atoms with Crippen molar-refractivity contribution >= 4 is 23.2 Å². The molecule has 7 nitrogen and oxygen atoms in total.